The molecule has 1 atom stereocenters. The lowest BCUT2D eigenvalue weighted by molar-refractivity contribution is -0.145. The Morgan fingerprint density at radius 2 is 2.33 bits per heavy atom. The summed E-state index contributed by atoms with van der Waals surface area (Å²) < 4.78 is 4.98. The molecule has 0 amide bonds. The Hall–Kier alpha value is -2.62. The Kier molecular flexibility index (Phi) is 4.65. The zero-order valence-corrected chi connectivity index (χ0v) is 13.7. The van der Waals surface area contributed by atoms with Gasteiger partial charge >= 0.3 is 5.97 Å². The minimum Gasteiger partial charge on any atom is -0.464 e. The molecule has 3 rings (SSSR count). The van der Waals surface area contributed by atoms with Crippen LogP contribution >= 0.6 is 11.6 Å². The van der Waals surface area contributed by atoms with Crippen LogP contribution in [0.1, 0.15) is 12.5 Å². The van der Waals surface area contributed by atoms with Crippen LogP contribution in [0.25, 0.3) is 10.9 Å². The van der Waals surface area contributed by atoms with Gasteiger partial charge in [0, 0.05) is 17.8 Å². The van der Waals surface area contributed by atoms with Gasteiger partial charge in [-0.25, -0.2) is 10.2 Å². The predicted octanol–water partition coefficient (Wildman–Crippen LogP) is 2.55. The number of halogens is 1. The van der Waals surface area contributed by atoms with Gasteiger partial charge in [0.1, 0.15) is 0 Å². The molecule has 1 N–H and O–H groups in total. The molecule has 2 aromatic rings. The first kappa shape index (κ1) is 16.2. The summed E-state index contributed by atoms with van der Waals surface area (Å²) in [5.74, 6) is -0.456. The lowest BCUT2D eigenvalue weighted by atomic mass is 10.1. The third kappa shape index (κ3) is 3.32. The molecule has 6 nitrogen and oxygen atoms in total. The van der Waals surface area contributed by atoms with Gasteiger partial charge in [-0.2, -0.15) is 5.26 Å². The fourth-order valence-electron chi connectivity index (χ4n) is 2.55. The number of nitrogens with one attached hydrogen (secondary N) is 1. The van der Waals surface area contributed by atoms with Gasteiger partial charge < -0.3 is 9.75 Å². The predicted molar refractivity (Wildman–Crippen MR) is 89.5 cm³/mol. The van der Waals surface area contributed by atoms with Crippen LogP contribution < -0.4 is 5.43 Å². The van der Waals surface area contributed by atoms with Gasteiger partial charge in [0.25, 0.3) is 0 Å². The molecular formula is C17H15ClN4O2. The minimum absolute atomic E-state index is 0.272. The Morgan fingerprint density at radius 1 is 1.50 bits per heavy atom. The second-order valence-corrected chi connectivity index (χ2v) is 5.76. The summed E-state index contributed by atoms with van der Waals surface area (Å²) >= 11 is 5.98. The van der Waals surface area contributed by atoms with Crippen LogP contribution in [-0.4, -0.2) is 28.6 Å². The topological polar surface area (TPSA) is 78.2 Å². The van der Waals surface area contributed by atoms with Gasteiger partial charge in [0.2, 0.25) is 0 Å². The summed E-state index contributed by atoms with van der Waals surface area (Å²) in [4.78, 5) is 16.2. The molecular weight excluding hydrogens is 328 g/mol. The molecule has 7 heteroatoms. The second kappa shape index (κ2) is 6.87. The highest BCUT2D eigenvalue weighted by Crippen LogP contribution is 2.21. The number of hydrazine groups is 1. The molecule has 1 aliphatic rings. The van der Waals surface area contributed by atoms with E-state index >= 15 is 0 Å². The molecule has 1 unspecified atom stereocenters. The van der Waals surface area contributed by atoms with Crippen LogP contribution in [0.15, 0.2) is 42.2 Å². The number of carbonyl (C=O) groups is 1. The van der Waals surface area contributed by atoms with Crippen molar-refractivity contribution in [1.29, 1.82) is 5.26 Å². The highest BCUT2D eigenvalue weighted by Gasteiger charge is 2.31. The fraction of sp³-hybridized carbons (Fsp3) is 0.235. The molecule has 0 aliphatic carbocycles. The number of hydrogen-bond acceptors (Lipinski definition) is 6. The zero-order valence-electron chi connectivity index (χ0n) is 13.0. The van der Waals surface area contributed by atoms with Crippen molar-refractivity contribution in [3.63, 3.8) is 0 Å². The number of fused-ring (bicyclic) bond motifs is 1. The van der Waals surface area contributed by atoms with Gasteiger partial charge in [-0.15, -0.1) is 0 Å². The quantitative estimate of drug-likeness (QED) is 0.860. The van der Waals surface area contributed by atoms with E-state index in [1.807, 2.05) is 30.3 Å². The Morgan fingerprint density at radius 3 is 3.08 bits per heavy atom. The van der Waals surface area contributed by atoms with E-state index in [-0.39, 0.29) is 6.61 Å². The van der Waals surface area contributed by atoms with E-state index in [4.69, 9.17) is 16.3 Å². The van der Waals surface area contributed by atoms with Crippen molar-refractivity contribution in [3.8, 4) is 6.07 Å². The van der Waals surface area contributed by atoms with Crippen molar-refractivity contribution in [2.75, 3.05) is 6.61 Å². The fourth-order valence-corrected chi connectivity index (χ4v) is 2.72. The molecule has 1 aromatic carbocycles. The van der Waals surface area contributed by atoms with Gasteiger partial charge in [-0.05, 0) is 30.7 Å². The average Bonchev–Trinajstić information content (AvgIpc) is 2.97. The molecule has 1 aliphatic heterocycles. The number of hydrogen-bond donors (Lipinski definition) is 1. The molecule has 24 heavy (non-hydrogen) atoms. The van der Waals surface area contributed by atoms with Gasteiger partial charge in [0.05, 0.1) is 35.3 Å². The third-order valence-electron chi connectivity index (χ3n) is 3.62. The first-order valence-electron chi connectivity index (χ1n) is 7.46. The standard InChI is InChI=1S/C17H15ClN4O2/c1-2-24-17(23)16-13(7-19)10-22(21-16)9-11-3-4-15-12(5-11)6-14(18)8-20-15/h3-6,8,10,16,21H,2,9H2,1H3. The molecule has 0 bridgehead atoms. The molecule has 0 saturated carbocycles. The lowest BCUT2D eigenvalue weighted by Gasteiger charge is -2.19. The first-order valence-corrected chi connectivity index (χ1v) is 7.84. The second-order valence-electron chi connectivity index (χ2n) is 5.32. The maximum Gasteiger partial charge on any atom is 0.330 e. The molecule has 0 radical (unpaired) electrons. The minimum atomic E-state index is -0.758. The Balaban J connectivity index is 1.78. The largest absolute Gasteiger partial charge is 0.464 e. The van der Waals surface area contributed by atoms with Crippen molar-refractivity contribution in [3.05, 3.63) is 52.8 Å². The van der Waals surface area contributed by atoms with Gasteiger partial charge in [-0.1, -0.05) is 17.7 Å². The number of benzene rings is 1. The highest BCUT2D eigenvalue weighted by molar-refractivity contribution is 6.31. The molecule has 2 heterocycles. The summed E-state index contributed by atoms with van der Waals surface area (Å²) in [5.41, 5.74) is 5.17. The lowest BCUT2D eigenvalue weighted by Crippen LogP contribution is -2.41. The van der Waals surface area contributed by atoms with E-state index in [0.29, 0.717) is 17.1 Å². The van der Waals surface area contributed by atoms with Gasteiger partial charge in [0.15, 0.2) is 6.04 Å². The third-order valence-corrected chi connectivity index (χ3v) is 3.82. The van der Waals surface area contributed by atoms with Crippen molar-refractivity contribution in [2.45, 2.75) is 19.5 Å². The number of esters is 1. The van der Waals surface area contributed by atoms with Crippen LogP contribution in [-0.2, 0) is 16.1 Å². The maximum absolute atomic E-state index is 11.9. The number of rotatable bonds is 4. The number of carbonyl (C=O) groups excluding carboxylic acids is 1. The van der Waals surface area contributed by atoms with Crippen LogP contribution in [0, 0.1) is 11.3 Å². The van der Waals surface area contributed by atoms with Crippen molar-refractivity contribution >= 4 is 28.5 Å². The van der Waals surface area contributed by atoms with Crippen molar-refractivity contribution < 1.29 is 9.53 Å². The summed E-state index contributed by atoms with van der Waals surface area (Å²) in [6.07, 6.45) is 3.24. The van der Waals surface area contributed by atoms with Crippen LogP contribution in [0.3, 0.4) is 0 Å². The van der Waals surface area contributed by atoms with Crippen LogP contribution in [0.4, 0.5) is 0 Å². The summed E-state index contributed by atoms with van der Waals surface area (Å²) in [7, 11) is 0. The van der Waals surface area contributed by atoms with E-state index in [1.54, 1.807) is 24.3 Å². The van der Waals surface area contributed by atoms with E-state index in [1.165, 1.54) is 0 Å². The molecule has 1 aromatic heterocycles. The number of nitriles is 1. The Bertz CT molecular complexity index is 859. The summed E-state index contributed by atoms with van der Waals surface area (Å²) in [5, 5.41) is 12.4. The Labute approximate surface area is 144 Å². The first-order chi connectivity index (χ1) is 11.6. The number of ether oxygens (including phenoxy) is 1. The smallest absolute Gasteiger partial charge is 0.330 e. The molecule has 122 valence electrons. The van der Waals surface area contributed by atoms with Gasteiger partial charge in [-0.3, -0.25) is 4.98 Å². The maximum atomic E-state index is 11.9. The number of aromatic nitrogens is 1. The average molecular weight is 343 g/mol. The van der Waals surface area contributed by atoms with Crippen LogP contribution in [0.5, 0.6) is 0 Å². The zero-order chi connectivity index (χ0) is 17.1. The SMILES string of the molecule is CCOC(=O)C1NN(Cc2ccc3ncc(Cl)cc3c2)C=C1C#N. The van der Waals surface area contributed by atoms with Crippen molar-refractivity contribution in [1.82, 2.24) is 15.4 Å². The molecule has 0 fully saturated rings. The van der Waals surface area contributed by atoms with E-state index < -0.39 is 12.0 Å². The summed E-state index contributed by atoms with van der Waals surface area (Å²) in [6.45, 7) is 2.49. The number of nitrogens with zero attached hydrogens (tertiary/aromatic N) is 3. The molecule has 0 saturated heterocycles. The van der Waals surface area contributed by atoms with E-state index in [0.717, 1.165) is 16.5 Å². The van der Waals surface area contributed by atoms with Crippen molar-refractivity contribution in [2.24, 2.45) is 0 Å². The monoisotopic (exact) mass is 342 g/mol. The number of pyridine rings is 1. The van der Waals surface area contributed by atoms with E-state index in [2.05, 4.69) is 10.4 Å². The van der Waals surface area contributed by atoms with E-state index in [9.17, 15) is 10.1 Å². The normalized spacial score (nSPS) is 16.8. The van der Waals surface area contributed by atoms with Crippen LogP contribution in [0.2, 0.25) is 5.02 Å². The summed E-state index contributed by atoms with van der Waals surface area (Å²) in [6, 6.07) is 8.97. The molecule has 0 spiro atoms. The highest BCUT2D eigenvalue weighted by atomic mass is 35.5.